The van der Waals surface area contributed by atoms with E-state index in [2.05, 4.69) is 10.6 Å². The van der Waals surface area contributed by atoms with E-state index in [9.17, 15) is 24.5 Å². The van der Waals surface area contributed by atoms with Gasteiger partial charge in [0.1, 0.15) is 5.70 Å². The molecular formula is C30H23N3O5S. The Morgan fingerprint density at radius 2 is 1.36 bits per heavy atom. The van der Waals surface area contributed by atoms with Gasteiger partial charge in [0, 0.05) is 33.8 Å². The van der Waals surface area contributed by atoms with Gasteiger partial charge in [0.2, 0.25) is 0 Å². The van der Waals surface area contributed by atoms with E-state index in [4.69, 9.17) is 0 Å². The van der Waals surface area contributed by atoms with Crippen LogP contribution >= 0.6 is 11.8 Å². The summed E-state index contributed by atoms with van der Waals surface area (Å²) in [7, 11) is 0. The number of amides is 2. The van der Waals surface area contributed by atoms with E-state index in [1.54, 1.807) is 66.7 Å². The number of benzene rings is 4. The maximum absolute atomic E-state index is 13.2. The lowest BCUT2D eigenvalue weighted by Crippen LogP contribution is -2.30. The number of carbonyl (C=O) groups excluding carboxylic acids is 3. The van der Waals surface area contributed by atoms with Gasteiger partial charge in [0.05, 0.1) is 10.7 Å². The highest BCUT2D eigenvalue weighted by Crippen LogP contribution is 2.22. The van der Waals surface area contributed by atoms with Gasteiger partial charge < -0.3 is 10.6 Å². The van der Waals surface area contributed by atoms with Crippen molar-refractivity contribution >= 4 is 46.8 Å². The van der Waals surface area contributed by atoms with E-state index in [0.29, 0.717) is 22.4 Å². The van der Waals surface area contributed by atoms with Crippen LogP contribution < -0.4 is 10.6 Å². The number of ketones is 1. The molecule has 194 valence electrons. The average Bonchev–Trinajstić information content (AvgIpc) is 2.97. The van der Waals surface area contributed by atoms with Crippen molar-refractivity contribution in [2.24, 2.45) is 0 Å². The monoisotopic (exact) mass is 537 g/mol. The normalized spacial score (nSPS) is 10.9. The van der Waals surface area contributed by atoms with Crippen LogP contribution in [0.4, 0.5) is 11.4 Å². The molecule has 2 amide bonds. The lowest BCUT2D eigenvalue weighted by atomic mass is 10.1. The molecule has 0 heterocycles. The van der Waals surface area contributed by atoms with Crippen LogP contribution in [0.25, 0.3) is 6.08 Å². The van der Waals surface area contributed by atoms with Crippen LogP contribution in [0.15, 0.2) is 120 Å². The molecule has 4 aromatic carbocycles. The summed E-state index contributed by atoms with van der Waals surface area (Å²) in [6, 6.07) is 30.1. The van der Waals surface area contributed by atoms with Gasteiger partial charge in [-0.1, -0.05) is 48.5 Å². The summed E-state index contributed by atoms with van der Waals surface area (Å²) in [6.07, 6.45) is 1.44. The summed E-state index contributed by atoms with van der Waals surface area (Å²) in [5.74, 6) is -0.747. The summed E-state index contributed by atoms with van der Waals surface area (Å²) < 4.78 is 0. The lowest BCUT2D eigenvalue weighted by Gasteiger charge is -2.12. The summed E-state index contributed by atoms with van der Waals surface area (Å²) in [5.41, 5.74) is 1.88. The van der Waals surface area contributed by atoms with Crippen LogP contribution in [0.3, 0.4) is 0 Å². The topological polar surface area (TPSA) is 118 Å². The summed E-state index contributed by atoms with van der Waals surface area (Å²) in [5, 5.41) is 16.4. The largest absolute Gasteiger partial charge is 0.321 e. The summed E-state index contributed by atoms with van der Waals surface area (Å²) in [4.78, 5) is 49.6. The van der Waals surface area contributed by atoms with Crippen LogP contribution in [-0.4, -0.2) is 28.3 Å². The number of anilines is 1. The Balaban J connectivity index is 1.46. The van der Waals surface area contributed by atoms with Gasteiger partial charge in [-0.25, -0.2) is 0 Å². The molecule has 0 unspecified atom stereocenters. The fourth-order valence-corrected chi connectivity index (χ4v) is 4.28. The Bertz CT molecular complexity index is 1500. The zero-order valence-electron chi connectivity index (χ0n) is 20.6. The smallest absolute Gasteiger partial charge is 0.272 e. The van der Waals surface area contributed by atoms with Crippen molar-refractivity contribution < 1.29 is 19.3 Å². The van der Waals surface area contributed by atoms with Crippen molar-refractivity contribution in [3.05, 3.63) is 142 Å². The molecule has 0 aliphatic heterocycles. The second-order valence-corrected chi connectivity index (χ2v) is 9.33. The number of Topliss-reactive ketones (excluding diaryl/α,β-unsaturated/α-hetero) is 1. The fraction of sp³-hybridized carbons (Fsp3) is 0.0333. The molecule has 8 nitrogen and oxygen atoms in total. The minimum Gasteiger partial charge on any atom is -0.321 e. The SMILES string of the molecule is O=C(Nc1ccc(SCC(=O)c2ccccc2)cc1)/C(=C/c1ccc([N+](=O)[O-])cc1)NC(=O)c1ccccc1. The van der Waals surface area contributed by atoms with E-state index in [1.807, 2.05) is 18.2 Å². The van der Waals surface area contributed by atoms with Crippen LogP contribution in [0.2, 0.25) is 0 Å². The van der Waals surface area contributed by atoms with Gasteiger partial charge in [-0.3, -0.25) is 24.5 Å². The first-order valence-electron chi connectivity index (χ1n) is 11.8. The van der Waals surface area contributed by atoms with Crippen LogP contribution in [-0.2, 0) is 4.79 Å². The van der Waals surface area contributed by atoms with Crippen LogP contribution in [0.5, 0.6) is 0 Å². The summed E-state index contributed by atoms with van der Waals surface area (Å²) in [6.45, 7) is 0. The lowest BCUT2D eigenvalue weighted by molar-refractivity contribution is -0.384. The maximum Gasteiger partial charge on any atom is 0.272 e. The van der Waals surface area contributed by atoms with Crippen LogP contribution in [0, 0.1) is 10.1 Å². The number of nitro groups is 1. The predicted octanol–water partition coefficient (Wildman–Crippen LogP) is 5.98. The zero-order chi connectivity index (χ0) is 27.6. The molecule has 4 aromatic rings. The fourth-order valence-electron chi connectivity index (χ4n) is 3.49. The molecule has 4 rings (SSSR count). The molecule has 0 bridgehead atoms. The molecular weight excluding hydrogens is 514 g/mol. The third-order valence-corrected chi connectivity index (χ3v) is 6.53. The molecule has 0 atom stereocenters. The Hall–Kier alpha value is -5.02. The number of thioether (sulfide) groups is 1. The van der Waals surface area contributed by atoms with Crippen molar-refractivity contribution in [3.63, 3.8) is 0 Å². The number of hydrogen-bond donors (Lipinski definition) is 2. The van der Waals surface area contributed by atoms with Gasteiger partial charge in [-0.05, 0) is 60.2 Å². The van der Waals surface area contributed by atoms with Gasteiger partial charge >= 0.3 is 0 Å². The Labute approximate surface area is 228 Å². The molecule has 39 heavy (non-hydrogen) atoms. The number of non-ortho nitro benzene ring substituents is 1. The summed E-state index contributed by atoms with van der Waals surface area (Å²) >= 11 is 1.39. The van der Waals surface area contributed by atoms with Gasteiger partial charge in [0.15, 0.2) is 5.78 Å². The van der Waals surface area contributed by atoms with E-state index in [0.717, 1.165) is 4.90 Å². The highest BCUT2D eigenvalue weighted by molar-refractivity contribution is 8.00. The third-order valence-electron chi connectivity index (χ3n) is 5.52. The van der Waals surface area contributed by atoms with Gasteiger partial charge in [0.25, 0.3) is 17.5 Å². The molecule has 0 aromatic heterocycles. The molecule has 0 radical (unpaired) electrons. The van der Waals surface area contributed by atoms with Crippen LogP contribution in [0.1, 0.15) is 26.3 Å². The van der Waals surface area contributed by atoms with E-state index in [1.165, 1.54) is 42.1 Å². The maximum atomic E-state index is 13.2. The first-order chi connectivity index (χ1) is 18.9. The number of rotatable bonds is 10. The first kappa shape index (κ1) is 27.0. The quantitative estimate of drug-likeness (QED) is 0.0845. The number of nitrogens with one attached hydrogen (secondary N) is 2. The Morgan fingerprint density at radius 3 is 1.95 bits per heavy atom. The molecule has 0 aliphatic carbocycles. The highest BCUT2D eigenvalue weighted by atomic mass is 32.2. The molecule has 9 heteroatoms. The van der Waals surface area contributed by atoms with Gasteiger partial charge in [-0.15, -0.1) is 11.8 Å². The predicted molar refractivity (Wildman–Crippen MR) is 152 cm³/mol. The number of nitro benzene ring substituents is 1. The molecule has 0 saturated heterocycles. The molecule has 0 spiro atoms. The molecule has 0 aliphatic rings. The van der Waals surface area contributed by atoms with E-state index >= 15 is 0 Å². The van der Waals surface area contributed by atoms with E-state index < -0.39 is 16.7 Å². The highest BCUT2D eigenvalue weighted by Gasteiger charge is 2.16. The second-order valence-electron chi connectivity index (χ2n) is 8.28. The van der Waals surface area contributed by atoms with Crippen molar-refractivity contribution in [1.82, 2.24) is 5.32 Å². The van der Waals surface area contributed by atoms with Crippen molar-refractivity contribution in [2.75, 3.05) is 11.1 Å². The second kappa shape index (κ2) is 13.0. The number of hydrogen-bond acceptors (Lipinski definition) is 6. The third kappa shape index (κ3) is 7.73. The van der Waals surface area contributed by atoms with E-state index in [-0.39, 0.29) is 22.9 Å². The Kier molecular flexibility index (Phi) is 8.99. The van der Waals surface area contributed by atoms with Crippen molar-refractivity contribution in [1.29, 1.82) is 0 Å². The van der Waals surface area contributed by atoms with Gasteiger partial charge in [-0.2, -0.15) is 0 Å². The zero-order valence-corrected chi connectivity index (χ0v) is 21.4. The standard InChI is InChI=1S/C30H23N3O5S/c34-28(22-7-3-1-4-8-22)20-39-26-17-13-24(14-18-26)31-30(36)27(32-29(35)23-9-5-2-6-10-23)19-21-11-15-25(16-12-21)33(37)38/h1-19H,20H2,(H,31,36)(H,32,35)/b27-19-. The molecule has 0 saturated carbocycles. The number of carbonyl (C=O) groups is 3. The minimum absolute atomic E-state index is 0.0214. The minimum atomic E-state index is -0.572. The first-order valence-corrected chi connectivity index (χ1v) is 12.8. The number of nitrogens with zero attached hydrogens (tertiary/aromatic N) is 1. The van der Waals surface area contributed by atoms with Crippen molar-refractivity contribution in [3.8, 4) is 0 Å². The Morgan fingerprint density at radius 1 is 0.769 bits per heavy atom. The average molecular weight is 538 g/mol. The van der Waals surface area contributed by atoms with Crippen molar-refractivity contribution in [2.45, 2.75) is 4.90 Å². The molecule has 2 N–H and O–H groups in total. The molecule has 0 fully saturated rings.